The van der Waals surface area contributed by atoms with Crippen molar-refractivity contribution in [2.45, 2.75) is 53.6 Å². The molecule has 0 amide bonds. The zero-order valence-electron chi connectivity index (χ0n) is 12.8. The minimum atomic E-state index is 0.537. The number of hydrogen-bond donors (Lipinski definition) is 1. The molecule has 2 rings (SSSR count). The van der Waals surface area contributed by atoms with E-state index in [-0.39, 0.29) is 0 Å². The molecule has 0 atom stereocenters. The predicted molar refractivity (Wildman–Crippen MR) is 79.4 cm³/mol. The van der Waals surface area contributed by atoms with Crippen molar-refractivity contribution in [1.82, 2.24) is 24.5 Å². The van der Waals surface area contributed by atoms with Crippen LogP contribution in [0.1, 0.15) is 44.9 Å². The Kier molecular flexibility index (Phi) is 4.42. The van der Waals surface area contributed by atoms with Gasteiger partial charge in [0.15, 0.2) is 0 Å². The van der Waals surface area contributed by atoms with Crippen LogP contribution in [-0.4, -0.2) is 24.5 Å². The summed E-state index contributed by atoms with van der Waals surface area (Å²) >= 11 is 0. The summed E-state index contributed by atoms with van der Waals surface area (Å²) in [4.78, 5) is 4.35. The molecule has 6 nitrogen and oxygen atoms in total. The summed E-state index contributed by atoms with van der Waals surface area (Å²) in [6, 6.07) is 0. The van der Waals surface area contributed by atoms with Gasteiger partial charge in [-0.3, -0.25) is 4.68 Å². The van der Waals surface area contributed by atoms with E-state index in [2.05, 4.69) is 42.9 Å². The smallest absolute Gasteiger partial charge is 0.148 e. The van der Waals surface area contributed by atoms with Crippen LogP contribution in [0, 0.1) is 5.92 Å². The number of aromatic nitrogens is 5. The molecule has 0 aliphatic rings. The van der Waals surface area contributed by atoms with Gasteiger partial charge >= 0.3 is 0 Å². The number of hydrogen-bond acceptors (Lipinski definition) is 4. The summed E-state index contributed by atoms with van der Waals surface area (Å²) in [5.74, 6) is 1.47. The summed E-state index contributed by atoms with van der Waals surface area (Å²) in [7, 11) is 0. The Balaban J connectivity index is 2.28. The first kappa shape index (κ1) is 14.6. The highest BCUT2D eigenvalue weighted by atomic mass is 15.4. The fourth-order valence-corrected chi connectivity index (χ4v) is 2.37. The molecular weight excluding hydrogens is 252 g/mol. The summed E-state index contributed by atoms with van der Waals surface area (Å²) in [6.45, 7) is 10.0. The van der Waals surface area contributed by atoms with Crippen LogP contribution in [0.25, 0.3) is 0 Å². The van der Waals surface area contributed by atoms with E-state index in [0.717, 1.165) is 42.3 Å². The van der Waals surface area contributed by atoms with Gasteiger partial charge < -0.3 is 5.73 Å². The fourth-order valence-electron chi connectivity index (χ4n) is 2.37. The second kappa shape index (κ2) is 6.07. The second-order valence-corrected chi connectivity index (χ2v) is 5.42. The van der Waals surface area contributed by atoms with Gasteiger partial charge in [-0.2, -0.15) is 10.2 Å². The van der Waals surface area contributed by atoms with Crippen LogP contribution in [0.3, 0.4) is 0 Å². The SMILES string of the molecule is CCc1nn(Cc2ncnn2CC(C)C)c(CC)c1N. The first-order chi connectivity index (χ1) is 9.56. The zero-order valence-corrected chi connectivity index (χ0v) is 12.8. The van der Waals surface area contributed by atoms with Crippen molar-refractivity contribution in [3.05, 3.63) is 23.5 Å². The van der Waals surface area contributed by atoms with E-state index >= 15 is 0 Å². The molecule has 0 unspecified atom stereocenters. The molecule has 0 aliphatic heterocycles. The number of nitrogen functional groups attached to an aromatic ring is 1. The molecule has 2 aromatic rings. The molecule has 6 heteroatoms. The molecule has 20 heavy (non-hydrogen) atoms. The van der Waals surface area contributed by atoms with E-state index in [4.69, 9.17) is 5.73 Å². The third-order valence-electron chi connectivity index (χ3n) is 3.37. The maximum absolute atomic E-state index is 6.15. The second-order valence-electron chi connectivity index (χ2n) is 5.42. The fraction of sp³-hybridized carbons (Fsp3) is 0.643. The standard InChI is InChI=1S/C14H24N6/c1-5-11-14(15)12(6-2)19(18-11)8-13-16-9-17-20(13)7-10(3)4/h9-10H,5-8,15H2,1-4H3. The molecule has 0 radical (unpaired) electrons. The van der Waals surface area contributed by atoms with Crippen molar-refractivity contribution < 1.29 is 0 Å². The Morgan fingerprint density at radius 2 is 1.95 bits per heavy atom. The van der Waals surface area contributed by atoms with Gasteiger partial charge in [-0.15, -0.1) is 0 Å². The quantitative estimate of drug-likeness (QED) is 0.874. The Hall–Kier alpha value is -1.85. The summed E-state index contributed by atoms with van der Waals surface area (Å²) in [5.41, 5.74) is 9.02. The number of nitrogens with two attached hydrogens (primary N) is 1. The van der Waals surface area contributed by atoms with E-state index in [1.165, 1.54) is 0 Å². The molecule has 0 saturated carbocycles. The highest BCUT2D eigenvalue weighted by molar-refractivity contribution is 5.48. The Labute approximate surface area is 120 Å². The van der Waals surface area contributed by atoms with Crippen LogP contribution >= 0.6 is 0 Å². The van der Waals surface area contributed by atoms with Gasteiger partial charge in [0.25, 0.3) is 0 Å². The predicted octanol–water partition coefficient (Wildman–Crippen LogP) is 1.89. The summed E-state index contributed by atoms with van der Waals surface area (Å²) < 4.78 is 3.92. The molecule has 2 N–H and O–H groups in total. The van der Waals surface area contributed by atoms with E-state index < -0.39 is 0 Å². The molecule has 0 spiro atoms. The van der Waals surface area contributed by atoms with Crippen LogP contribution in [0.15, 0.2) is 6.33 Å². The van der Waals surface area contributed by atoms with Gasteiger partial charge in [0.2, 0.25) is 0 Å². The largest absolute Gasteiger partial charge is 0.396 e. The van der Waals surface area contributed by atoms with Crippen molar-refractivity contribution >= 4 is 5.69 Å². The monoisotopic (exact) mass is 276 g/mol. The van der Waals surface area contributed by atoms with Crippen LogP contribution in [-0.2, 0) is 25.9 Å². The maximum Gasteiger partial charge on any atom is 0.148 e. The third kappa shape index (κ3) is 2.84. The molecule has 0 saturated heterocycles. The van der Waals surface area contributed by atoms with Gasteiger partial charge in [-0.1, -0.05) is 27.7 Å². The normalized spacial score (nSPS) is 11.4. The Morgan fingerprint density at radius 3 is 2.55 bits per heavy atom. The summed E-state index contributed by atoms with van der Waals surface area (Å²) in [5, 5.41) is 8.90. The van der Waals surface area contributed by atoms with Crippen LogP contribution in [0.5, 0.6) is 0 Å². The average Bonchev–Trinajstić information content (AvgIpc) is 2.94. The molecule has 2 aromatic heterocycles. The molecule has 110 valence electrons. The highest BCUT2D eigenvalue weighted by Crippen LogP contribution is 2.19. The topological polar surface area (TPSA) is 74.5 Å². The van der Waals surface area contributed by atoms with Crippen LogP contribution in [0.2, 0.25) is 0 Å². The van der Waals surface area contributed by atoms with Crippen LogP contribution < -0.4 is 5.73 Å². The van der Waals surface area contributed by atoms with E-state index in [9.17, 15) is 0 Å². The van der Waals surface area contributed by atoms with Crippen LogP contribution in [0.4, 0.5) is 5.69 Å². The van der Waals surface area contributed by atoms with Crippen molar-refractivity contribution in [2.24, 2.45) is 5.92 Å². The van der Waals surface area contributed by atoms with Crippen molar-refractivity contribution in [3.8, 4) is 0 Å². The molecule has 0 aromatic carbocycles. The third-order valence-corrected chi connectivity index (χ3v) is 3.37. The van der Waals surface area contributed by atoms with Gasteiger partial charge in [-0.05, 0) is 18.8 Å². The van der Waals surface area contributed by atoms with E-state index in [0.29, 0.717) is 12.5 Å². The molecule has 2 heterocycles. The number of nitrogens with zero attached hydrogens (tertiary/aromatic N) is 5. The molecule has 0 bridgehead atoms. The van der Waals surface area contributed by atoms with Crippen molar-refractivity contribution in [2.75, 3.05) is 5.73 Å². The minimum Gasteiger partial charge on any atom is -0.396 e. The Bertz CT molecular complexity index is 566. The molecular formula is C14H24N6. The first-order valence-corrected chi connectivity index (χ1v) is 7.27. The van der Waals surface area contributed by atoms with E-state index in [1.54, 1.807) is 6.33 Å². The molecule has 0 aliphatic carbocycles. The first-order valence-electron chi connectivity index (χ1n) is 7.27. The summed E-state index contributed by atoms with van der Waals surface area (Å²) in [6.07, 6.45) is 3.33. The number of anilines is 1. The number of aryl methyl sites for hydroxylation is 1. The average molecular weight is 276 g/mol. The lowest BCUT2D eigenvalue weighted by Gasteiger charge is -2.10. The lowest BCUT2D eigenvalue weighted by Crippen LogP contribution is -2.15. The minimum absolute atomic E-state index is 0.537. The van der Waals surface area contributed by atoms with Gasteiger partial charge in [0, 0.05) is 6.54 Å². The zero-order chi connectivity index (χ0) is 14.7. The van der Waals surface area contributed by atoms with Crippen molar-refractivity contribution in [1.29, 1.82) is 0 Å². The van der Waals surface area contributed by atoms with Gasteiger partial charge in [0.05, 0.1) is 17.1 Å². The number of rotatable bonds is 6. The lowest BCUT2D eigenvalue weighted by molar-refractivity contribution is 0.454. The Morgan fingerprint density at radius 1 is 1.20 bits per heavy atom. The van der Waals surface area contributed by atoms with Gasteiger partial charge in [0.1, 0.15) is 18.7 Å². The van der Waals surface area contributed by atoms with Gasteiger partial charge in [-0.25, -0.2) is 9.67 Å². The molecule has 0 fully saturated rings. The van der Waals surface area contributed by atoms with Crippen molar-refractivity contribution in [3.63, 3.8) is 0 Å². The highest BCUT2D eigenvalue weighted by Gasteiger charge is 2.15. The maximum atomic E-state index is 6.15. The lowest BCUT2D eigenvalue weighted by atomic mass is 10.2. The van der Waals surface area contributed by atoms with E-state index in [1.807, 2.05) is 9.36 Å².